The number of hydrogen-bond donors (Lipinski definition) is 0. The van der Waals surface area contributed by atoms with E-state index in [1.165, 1.54) is 0 Å². The largest absolute Gasteiger partial charge is 0.359 e. The highest BCUT2D eigenvalue weighted by molar-refractivity contribution is 5.57. The molecular formula is C18H21N5O. The van der Waals surface area contributed by atoms with Gasteiger partial charge in [-0.05, 0) is 25.0 Å². The second-order valence-corrected chi connectivity index (χ2v) is 6.12. The molecule has 124 valence electrons. The van der Waals surface area contributed by atoms with Crippen LogP contribution >= 0.6 is 0 Å². The smallest absolute Gasteiger partial charge is 0.156 e. The van der Waals surface area contributed by atoms with Crippen LogP contribution in [0.3, 0.4) is 0 Å². The fourth-order valence-electron chi connectivity index (χ4n) is 2.43. The molecule has 0 bridgehead atoms. The van der Waals surface area contributed by atoms with E-state index >= 15 is 0 Å². The van der Waals surface area contributed by atoms with Crippen molar-refractivity contribution >= 4 is 5.82 Å². The molecule has 0 aliphatic carbocycles. The highest BCUT2D eigenvalue weighted by Crippen LogP contribution is 2.22. The number of hydrogen-bond acceptors (Lipinski definition) is 6. The summed E-state index contributed by atoms with van der Waals surface area (Å²) in [5.74, 6) is 2.81. The minimum atomic E-state index is 0.363. The second kappa shape index (κ2) is 6.78. The van der Waals surface area contributed by atoms with E-state index < -0.39 is 0 Å². The summed E-state index contributed by atoms with van der Waals surface area (Å²) in [6.07, 6.45) is 3.49. The molecule has 0 saturated carbocycles. The van der Waals surface area contributed by atoms with Gasteiger partial charge in [0.2, 0.25) is 0 Å². The van der Waals surface area contributed by atoms with Crippen molar-refractivity contribution < 1.29 is 4.52 Å². The van der Waals surface area contributed by atoms with Gasteiger partial charge < -0.3 is 9.42 Å². The summed E-state index contributed by atoms with van der Waals surface area (Å²) in [7, 11) is 1.99. The molecule has 0 fully saturated rings. The minimum absolute atomic E-state index is 0.363. The average molecular weight is 323 g/mol. The maximum absolute atomic E-state index is 5.46. The molecule has 0 atom stereocenters. The van der Waals surface area contributed by atoms with Crippen molar-refractivity contribution in [2.75, 3.05) is 11.9 Å². The lowest BCUT2D eigenvalue weighted by atomic mass is 10.1. The topological polar surface area (TPSA) is 67.9 Å². The SMILES string of the molecule is Cc1nc(C(C)C)cc(N(C)Cc2cc(-c3ccncc3)no2)n1. The molecule has 0 spiro atoms. The first kappa shape index (κ1) is 16.1. The van der Waals surface area contributed by atoms with Gasteiger partial charge >= 0.3 is 0 Å². The molecule has 3 aromatic heterocycles. The van der Waals surface area contributed by atoms with Gasteiger partial charge in [0.1, 0.15) is 17.3 Å². The quantitative estimate of drug-likeness (QED) is 0.714. The van der Waals surface area contributed by atoms with E-state index in [0.29, 0.717) is 12.5 Å². The van der Waals surface area contributed by atoms with E-state index in [2.05, 4.69) is 34.0 Å². The Morgan fingerprint density at radius 3 is 2.58 bits per heavy atom. The highest BCUT2D eigenvalue weighted by atomic mass is 16.5. The lowest BCUT2D eigenvalue weighted by molar-refractivity contribution is 0.384. The Kier molecular flexibility index (Phi) is 4.55. The van der Waals surface area contributed by atoms with Crippen molar-refractivity contribution in [1.82, 2.24) is 20.1 Å². The molecule has 0 aliphatic heterocycles. The van der Waals surface area contributed by atoms with Crippen LogP contribution in [0, 0.1) is 6.92 Å². The molecule has 0 aliphatic rings. The van der Waals surface area contributed by atoms with E-state index in [9.17, 15) is 0 Å². The van der Waals surface area contributed by atoms with Crippen LogP contribution in [0.15, 0.2) is 41.2 Å². The van der Waals surface area contributed by atoms with Crippen LogP contribution in [-0.4, -0.2) is 27.2 Å². The summed E-state index contributed by atoms with van der Waals surface area (Å²) in [5, 5.41) is 4.13. The number of aryl methyl sites for hydroxylation is 1. The molecule has 0 unspecified atom stereocenters. The van der Waals surface area contributed by atoms with Gasteiger partial charge in [0.05, 0.1) is 6.54 Å². The van der Waals surface area contributed by atoms with Gasteiger partial charge in [-0.25, -0.2) is 9.97 Å². The van der Waals surface area contributed by atoms with Crippen molar-refractivity contribution in [1.29, 1.82) is 0 Å². The zero-order valence-corrected chi connectivity index (χ0v) is 14.4. The van der Waals surface area contributed by atoms with Crippen molar-refractivity contribution in [3.8, 4) is 11.3 Å². The first-order chi connectivity index (χ1) is 11.5. The molecule has 0 N–H and O–H groups in total. The first-order valence-corrected chi connectivity index (χ1v) is 7.95. The summed E-state index contributed by atoms with van der Waals surface area (Å²) < 4.78 is 5.46. The van der Waals surface area contributed by atoms with Gasteiger partial charge in [-0.3, -0.25) is 4.98 Å². The van der Waals surface area contributed by atoms with E-state index in [0.717, 1.165) is 34.4 Å². The number of pyridine rings is 1. The minimum Gasteiger partial charge on any atom is -0.359 e. The average Bonchev–Trinajstić information content (AvgIpc) is 3.03. The summed E-state index contributed by atoms with van der Waals surface area (Å²) >= 11 is 0. The highest BCUT2D eigenvalue weighted by Gasteiger charge is 2.13. The zero-order valence-electron chi connectivity index (χ0n) is 14.4. The van der Waals surface area contributed by atoms with E-state index in [1.807, 2.05) is 43.1 Å². The maximum atomic E-state index is 5.46. The van der Waals surface area contributed by atoms with Crippen LogP contribution < -0.4 is 4.90 Å². The maximum Gasteiger partial charge on any atom is 0.156 e. The monoisotopic (exact) mass is 323 g/mol. The Bertz CT molecular complexity index is 813. The Morgan fingerprint density at radius 2 is 1.88 bits per heavy atom. The first-order valence-electron chi connectivity index (χ1n) is 7.95. The van der Waals surface area contributed by atoms with E-state index in [-0.39, 0.29) is 0 Å². The fourth-order valence-corrected chi connectivity index (χ4v) is 2.43. The number of nitrogens with zero attached hydrogens (tertiary/aromatic N) is 5. The molecule has 3 rings (SSSR count). The molecule has 6 heteroatoms. The van der Waals surface area contributed by atoms with Crippen LogP contribution in [0.2, 0.25) is 0 Å². The van der Waals surface area contributed by atoms with Crippen LogP contribution in [0.5, 0.6) is 0 Å². The molecule has 6 nitrogen and oxygen atoms in total. The van der Waals surface area contributed by atoms with Gasteiger partial charge in [-0.15, -0.1) is 0 Å². The number of aromatic nitrogens is 4. The lowest BCUT2D eigenvalue weighted by Crippen LogP contribution is -2.18. The Morgan fingerprint density at radius 1 is 1.12 bits per heavy atom. The Balaban J connectivity index is 1.78. The van der Waals surface area contributed by atoms with E-state index in [1.54, 1.807) is 12.4 Å². The molecule has 24 heavy (non-hydrogen) atoms. The molecular weight excluding hydrogens is 302 g/mol. The van der Waals surface area contributed by atoms with Gasteiger partial charge in [0.15, 0.2) is 5.76 Å². The normalized spacial score (nSPS) is 11.0. The molecule has 3 heterocycles. The van der Waals surface area contributed by atoms with Gasteiger partial charge in [-0.1, -0.05) is 19.0 Å². The fraction of sp³-hybridized carbons (Fsp3) is 0.333. The standard InChI is InChI=1S/C18H21N5O/c1-12(2)16-10-18(21-13(3)20-16)23(4)11-15-9-17(22-24-15)14-5-7-19-8-6-14/h5-10,12H,11H2,1-4H3. The predicted molar refractivity (Wildman–Crippen MR) is 92.7 cm³/mol. The molecule has 0 saturated heterocycles. The predicted octanol–water partition coefficient (Wildman–Crippen LogP) is 3.59. The van der Waals surface area contributed by atoms with E-state index in [4.69, 9.17) is 4.52 Å². The van der Waals surface area contributed by atoms with Gasteiger partial charge in [0.25, 0.3) is 0 Å². The third kappa shape index (κ3) is 3.59. The number of rotatable bonds is 5. The van der Waals surface area contributed by atoms with Crippen LogP contribution in [0.25, 0.3) is 11.3 Å². The number of anilines is 1. The third-order valence-corrected chi connectivity index (χ3v) is 3.75. The van der Waals surface area contributed by atoms with Gasteiger partial charge in [0, 0.05) is 42.8 Å². The Hall–Kier alpha value is -2.76. The van der Waals surface area contributed by atoms with Crippen LogP contribution in [0.1, 0.15) is 37.0 Å². The van der Waals surface area contributed by atoms with Crippen molar-refractivity contribution in [3.63, 3.8) is 0 Å². The second-order valence-electron chi connectivity index (χ2n) is 6.12. The Labute approximate surface area is 141 Å². The van der Waals surface area contributed by atoms with Crippen molar-refractivity contribution in [2.24, 2.45) is 0 Å². The van der Waals surface area contributed by atoms with Crippen LogP contribution in [0.4, 0.5) is 5.82 Å². The molecule has 0 amide bonds. The zero-order chi connectivity index (χ0) is 17.1. The summed E-state index contributed by atoms with van der Waals surface area (Å²) in [6.45, 7) is 6.76. The molecule has 0 aromatic carbocycles. The van der Waals surface area contributed by atoms with Gasteiger partial charge in [-0.2, -0.15) is 0 Å². The molecule has 0 radical (unpaired) electrons. The van der Waals surface area contributed by atoms with Crippen LogP contribution in [-0.2, 0) is 6.54 Å². The molecule has 3 aromatic rings. The van der Waals surface area contributed by atoms with Crippen molar-refractivity contribution in [2.45, 2.75) is 33.2 Å². The summed E-state index contributed by atoms with van der Waals surface area (Å²) in [6, 6.07) is 7.79. The summed E-state index contributed by atoms with van der Waals surface area (Å²) in [5.41, 5.74) is 2.84. The third-order valence-electron chi connectivity index (χ3n) is 3.75. The summed E-state index contributed by atoms with van der Waals surface area (Å²) in [4.78, 5) is 15.1. The lowest BCUT2D eigenvalue weighted by Gasteiger charge is -2.18. The van der Waals surface area contributed by atoms with Crippen molar-refractivity contribution in [3.05, 3.63) is 53.9 Å².